The van der Waals surface area contributed by atoms with Gasteiger partial charge in [0, 0.05) is 32.6 Å². The molecule has 238 valence electrons. The van der Waals surface area contributed by atoms with Crippen molar-refractivity contribution in [3.05, 3.63) is 182 Å². The summed E-state index contributed by atoms with van der Waals surface area (Å²) in [6.45, 7) is 0. The number of aromatic nitrogens is 1. The minimum atomic E-state index is 0.867. The van der Waals surface area contributed by atoms with E-state index in [1.165, 1.54) is 48.6 Å². The Kier molecular flexibility index (Phi) is 5.96. The maximum absolute atomic E-state index is 6.77. The van der Waals surface area contributed by atoms with Crippen LogP contribution in [0.4, 0.5) is 17.1 Å². The quantitative estimate of drug-likeness (QED) is 0.177. The van der Waals surface area contributed by atoms with Crippen molar-refractivity contribution >= 4 is 93.1 Å². The lowest BCUT2D eigenvalue weighted by atomic mass is 9.95. The highest BCUT2D eigenvalue weighted by molar-refractivity contribution is 6.22. The molecule has 3 heteroatoms. The summed E-state index contributed by atoms with van der Waals surface area (Å²) in [7, 11) is 0. The number of benzene rings is 9. The SMILES string of the molecule is c1ccc(-n2c3ccccc3c3c(N(c4cccc5c4ccc4c6ccccc6ccc54)c4cccc5c4oc4ccccc45)cccc32)cc1. The Morgan fingerprint density at radius 1 is 0.353 bits per heavy atom. The molecule has 0 unspecified atom stereocenters. The van der Waals surface area contributed by atoms with Gasteiger partial charge in [-0.1, -0.05) is 133 Å². The zero-order chi connectivity index (χ0) is 33.5. The first-order chi connectivity index (χ1) is 25.3. The second-order valence-corrected chi connectivity index (χ2v) is 13.3. The minimum Gasteiger partial charge on any atom is -0.454 e. The van der Waals surface area contributed by atoms with E-state index in [0.717, 1.165) is 50.2 Å². The van der Waals surface area contributed by atoms with Crippen molar-refractivity contribution in [3.63, 3.8) is 0 Å². The minimum absolute atomic E-state index is 0.867. The van der Waals surface area contributed by atoms with Gasteiger partial charge in [0.2, 0.25) is 0 Å². The Bertz CT molecular complexity index is 3150. The molecule has 51 heavy (non-hydrogen) atoms. The monoisotopic (exact) mass is 650 g/mol. The topological polar surface area (TPSA) is 21.3 Å². The number of furan rings is 1. The van der Waals surface area contributed by atoms with E-state index in [9.17, 15) is 0 Å². The van der Waals surface area contributed by atoms with Gasteiger partial charge in [0.05, 0.1) is 28.1 Å². The maximum Gasteiger partial charge on any atom is 0.159 e. The Balaban J connectivity index is 1.28. The standard InChI is InChI=1S/C48H30N2O/c1-2-14-32(15-3-1)49-42-21-8-6-18-40(42)47-43(49)23-12-24-44(47)50(45-25-11-20-39-38-17-7-9-26-46(38)51-48(39)45)41-22-10-19-34-36-28-27-31-13-4-5-16-33(31)35(36)29-30-37(34)41/h1-30H. The van der Waals surface area contributed by atoms with E-state index < -0.39 is 0 Å². The van der Waals surface area contributed by atoms with Crippen molar-refractivity contribution in [2.24, 2.45) is 0 Å². The van der Waals surface area contributed by atoms with Gasteiger partial charge in [-0.2, -0.15) is 0 Å². The van der Waals surface area contributed by atoms with Crippen molar-refractivity contribution in [3.8, 4) is 5.69 Å². The van der Waals surface area contributed by atoms with Crippen molar-refractivity contribution in [2.75, 3.05) is 4.90 Å². The largest absolute Gasteiger partial charge is 0.454 e. The van der Waals surface area contributed by atoms with Crippen LogP contribution in [0.25, 0.3) is 81.7 Å². The van der Waals surface area contributed by atoms with Crippen LogP contribution in [0.5, 0.6) is 0 Å². The van der Waals surface area contributed by atoms with Gasteiger partial charge in [0.25, 0.3) is 0 Å². The van der Waals surface area contributed by atoms with E-state index in [0.29, 0.717) is 0 Å². The fourth-order valence-corrected chi connectivity index (χ4v) is 8.37. The van der Waals surface area contributed by atoms with E-state index in [-0.39, 0.29) is 0 Å². The molecule has 2 aromatic heterocycles. The number of hydrogen-bond donors (Lipinski definition) is 0. The first-order valence-electron chi connectivity index (χ1n) is 17.4. The molecular formula is C48H30N2O. The first-order valence-corrected chi connectivity index (χ1v) is 17.4. The second kappa shape index (κ2) is 10.8. The van der Waals surface area contributed by atoms with E-state index in [1.807, 2.05) is 6.07 Å². The third-order valence-electron chi connectivity index (χ3n) is 10.6. The number of nitrogens with zero attached hydrogens (tertiary/aromatic N) is 2. The van der Waals surface area contributed by atoms with E-state index in [2.05, 4.69) is 185 Å². The molecule has 0 atom stereocenters. The van der Waals surface area contributed by atoms with E-state index in [4.69, 9.17) is 4.42 Å². The van der Waals surface area contributed by atoms with Gasteiger partial charge in [-0.05, 0) is 75.5 Å². The lowest BCUT2D eigenvalue weighted by Crippen LogP contribution is -2.11. The molecule has 0 saturated heterocycles. The van der Waals surface area contributed by atoms with Crippen molar-refractivity contribution in [1.82, 2.24) is 4.57 Å². The molecular weight excluding hydrogens is 621 g/mol. The van der Waals surface area contributed by atoms with Crippen LogP contribution in [0.15, 0.2) is 186 Å². The van der Waals surface area contributed by atoms with Gasteiger partial charge in [-0.15, -0.1) is 0 Å². The molecule has 2 heterocycles. The van der Waals surface area contributed by atoms with Gasteiger partial charge in [-0.25, -0.2) is 0 Å². The third kappa shape index (κ3) is 4.06. The van der Waals surface area contributed by atoms with E-state index in [1.54, 1.807) is 0 Å². The van der Waals surface area contributed by atoms with Crippen LogP contribution in [0.3, 0.4) is 0 Å². The molecule has 11 rings (SSSR count). The van der Waals surface area contributed by atoms with Gasteiger partial charge in [-0.3, -0.25) is 0 Å². The van der Waals surface area contributed by atoms with Crippen LogP contribution in [-0.2, 0) is 0 Å². The molecule has 0 aliphatic rings. The average molecular weight is 651 g/mol. The Morgan fingerprint density at radius 3 is 1.84 bits per heavy atom. The predicted molar refractivity (Wildman–Crippen MR) is 215 cm³/mol. The highest BCUT2D eigenvalue weighted by atomic mass is 16.3. The summed E-state index contributed by atoms with van der Waals surface area (Å²) in [6.07, 6.45) is 0. The lowest BCUT2D eigenvalue weighted by molar-refractivity contribution is 0.669. The van der Waals surface area contributed by atoms with Gasteiger partial charge in [0.15, 0.2) is 5.58 Å². The Labute approximate surface area is 293 Å². The molecule has 0 fully saturated rings. The number of anilines is 3. The summed E-state index contributed by atoms with van der Waals surface area (Å²) in [5.41, 5.74) is 8.40. The Morgan fingerprint density at radius 2 is 0.941 bits per heavy atom. The molecule has 9 aromatic carbocycles. The Hall–Kier alpha value is -6.84. The summed E-state index contributed by atoms with van der Waals surface area (Å²) >= 11 is 0. The first kappa shape index (κ1) is 28.0. The molecule has 3 nitrogen and oxygen atoms in total. The lowest BCUT2D eigenvalue weighted by Gasteiger charge is -2.28. The second-order valence-electron chi connectivity index (χ2n) is 13.3. The molecule has 0 saturated carbocycles. The number of fused-ring (bicyclic) bond motifs is 11. The fraction of sp³-hybridized carbons (Fsp3) is 0. The third-order valence-corrected chi connectivity index (χ3v) is 10.6. The highest BCUT2D eigenvalue weighted by Gasteiger charge is 2.25. The van der Waals surface area contributed by atoms with Crippen LogP contribution in [0.1, 0.15) is 0 Å². The molecule has 0 radical (unpaired) electrons. The molecule has 11 aromatic rings. The van der Waals surface area contributed by atoms with E-state index >= 15 is 0 Å². The van der Waals surface area contributed by atoms with Crippen molar-refractivity contribution in [1.29, 1.82) is 0 Å². The summed E-state index contributed by atoms with van der Waals surface area (Å²) in [6, 6.07) is 65.5. The summed E-state index contributed by atoms with van der Waals surface area (Å²) in [5.74, 6) is 0. The molecule has 0 aliphatic heterocycles. The average Bonchev–Trinajstić information content (AvgIpc) is 3.75. The van der Waals surface area contributed by atoms with Gasteiger partial charge < -0.3 is 13.9 Å². The van der Waals surface area contributed by atoms with Crippen LogP contribution in [0.2, 0.25) is 0 Å². The summed E-state index contributed by atoms with van der Waals surface area (Å²) in [5, 5.41) is 12.0. The molecule has 0 N–H and O–H groups in total. The van der Waals surface area contributed by atoms with Crippen LogP contribution in [0, 0.1) is 0 Å². The molecule has 0 amide bonds. The zero-order valence-corrected chi connectivity index (χ0v) is 27.6. The highest BCUT2D eigenvalue weighted by Crippen LogP contribution is 2.49. The molecule has 0 aliphatic carbocycles. The molecule has 0 bridgehead atoms. The number of para-hydroxylation sites is 4. The zero-order valence-electron chi connectivity index (χ0n) is 27.6. The van der Waals surface area contributed by atoms with Crippen molar-refractivity contribution in [2.45, 2.75) is 0 Å². The normalized spacial score (nSPS) is 11.9. The summed E-state index contributed by atoms with van der Waals surface area (Å²) < 4.78 is 9.15. The predicted octanol–water partition coefficient (Wildman–Crippen LogP) is 13.6. The van der Waals surface area contributed by atoms with Crippen LogP contribution < -0.4 is 4.90 Å². The van der Waals surface area contributed by atoms with Gasteiger partial charge in [0.1, 0.15) is 5.58 Å². The maximum atomic E-state index is 6.77. The van der Waals surface area contributed by atoms with Crippen molar-refractivity contribution < 1.29 is 4.42 Å². The number of rotatable bonds is 4. The fourth-order valence-electron chi connectivity index (χ4n) is 8.37. The smallest absolute Gasteiger partial charge is 0.159 e. The van der Waals surface area contributed by atoms with Gasteiger partial charge >= 0.3 is 0 Å². The number of hydrogen-bond acceptors (Lipinski definition) is 2. The van der Waals surface area contributed by atoms with Crippen LogP contribution in [-0.4, -0.2) is 4.57 Å². The summed E-state index contributed by atoms with van der Waals surface area (Å²) in [4.78, 5) is 2.43. The molecule has 0 spiro atoms. The van der Waals surface area contributed by atoms with Crippen LogP contribution >= 0.6 is 0 Å².